The molecular weight excluding hydrogens is 340 g/mol. The maximum atomic E-state index is 5.93. The van der Waals surface area contributed by atoms with Crippen molar-refractivity contribution in [2.75, 3.05) is 5.32 Å². The number of hydrogen-bond acceptors (Lipinski definition) is 4. The van der Waals surface area contributed by atoms with Gasteiger partial charge in [0, 0.05) is 39.7 Å². The molecule has 6 heteroatoms. The molecule has 0 spiro atoms. The average Bonchev–Trinajstić information content (AvgIpc) is 3.28. The first-order chi connectivity index (χ1) is 11.8. The molecule has 0 aliphatic heterocycles. The minimum atomic E-state index is 0.726. The van der Waals surface area contributed by atoms with E-state index in [1.807, 2.05) is 58.6 Å². The van der Waals surface area contributed by atoms with E-state index in [9.17, 15) is 0 Å². The van der Waals surface area contributed by atoms with Crippen molar-refractivity contribution in [3.05, 3.63) is 77.7 Å². The highest BCUT2D eigenvalue weighted by atomic mass is 35.5. The van der Waals surface area contributed by atoms with Crippen molar-refractivity contribution in [3.8, 4) is 16.9 Å². The molecule has 4 aromatic rings. The molecule has 0 saturated heterocycles. The number of hydrogen-bond donors (Lipinski definition) is 1. The molecule has 0 radical (unpaired) electrons. The van der Waals surface area contributed by atoms with Crippen LogP contribution in [0.5, 0.6) is 0 Å². The van der Waals surface area contributed by atoms with Gasteiger partial charge in [-0.25, -0.2) is 9.97 Å². The summed E-state index contributed by atoms with van der Waals surface area (Å²) in [5, 5.41) is 6.96. The molecule has 0 atom stereocenters. The van der Waals surface area contributed by atoms with Crippen LogP contribution in [0.3, 0.4) is 0 Å². The van der Waals surface area contributed by atoms with Gasteiger partial charge in [0.15, 0.2) is 5.13 Å². The third-order valence-electron chi connectivity index (χ3n) is 3.54. The first-order valence-corrected chi connectivity index (χ1v) is 8.60. The number of imidazole rings is 1. The van der Waals surface area contributed by atoms with E-state index < -0.39 is 0 Å². The fourth-order valence-corrected chi connectivity index (χ4v) is 3.23. The second kappa shape index (κ2) is 6.47. The van der Waals surface area contributed by atoms with Crippen molar-refractivity contribution >= 4 is 33.8 Å². The van der Waals surface area contributed by atoms with Crippen LogP contribution in [0.25, 0.3) is 16.9 Å². The normalized spacial score (nSPS) is 10.7. The van der Waals surface area contributed by atoms with Crippen molar-refractivity contribution in [2.24, 2.45) is 0 Å². The molecule has 24 heavy (non-hydrogen) atoms. The summed E-state index contributed by atoms with van der Waals surface area (Å²) in [5.74, 6) is 0. The number of aromatic nitrogens is 3. The molecule has 2 aromatic carbocycles. The van der Waals surface area contributed by atoms with Crippen LogP contribution in [0, 0.1) is 0 Å². The lowest BCUT2D eigenvalue weighted by Crippen LogP contribution is -1.93. The Bertz CT molecular complexity index is 945. The van der Waals surface area contributed by atoms with Gasteiger partial charge < -0.3 is 9.88 Å². The molecule has 4 rings (SSSR count). The first kappa shape index (κ1) is 14.9. The lowest BCUT2D eigenvalue weighted by Gasteiger charge is -2.06. The summed E-state index contributed by atoms with van der Waals surface area (Å²) in [6.45, 7) is 0. The highest BCUT2D eigenvalue weighted by Gasteiger charge is 2.06. The predicted molar refractivity (Wildman–Crippen MR) is 99.4 cm³/mol. The number of nitrogens with zero attached hydrogens (tertiary/aromatic N) is 3. The quantitative estimate of drug-likeness (QED) is 0.535. The molecule has 0 fully saturated rings. The third kappa shape index (κ3) is 3.18. The molecule has 0 unspecified atom stereocenters. The molecule has 4 nitrogen and oxygen atoms in total. The van der Waals surface area contributed by atoms with E-state index in [1.165, 1.54) is 0 Å². The molecular formula is C18H13ClN4S. The summed E-state index contributed by atoms with van der Waals surface area (Å²) < 4.78 is 1.96. The van der Waals surface area contributed by atoms with Gasteiger partial charge in [-0.2, -0.15) is 0 Å². The zero-order valence-corrected chi connectivity index (χ0v) is 14.1. The highest BCUT2D eigenvalue weighted by molar-refractivity contribution is 7.14. The smallest absolute Gasteiger partial charge is 0.187 e. The number of rotatable bonds is 4. The standard InChI is InChI=1S/C18H13ClN4S/c19-14-6-4-13(5-7-14)17-11-24-18(22-17)21-15-2-1-3-16(10-15)23-9-8-20-12-23/h1-12H,(H,21,22). The molecule has 2 aromatic heterocycles. The lowest BCUT2D eigenvalue weighted by molar-refractivity contribution is 1.06. The molecule has 0 bridgehead atoms. The van der Waals surface area contributed by atoms with Crippen LogP contribution in [0.2, 0.25) is 5.02 Å². The second-order valence-electron chi connectivity index (χ2n) is 5.19. The van der Waals surface area contributed by atoms with Crippen LogP contribution < -0.4 is 5.32 Å². The lowest BCUT2D eigenvalue weighted by atomic mass is 10.2. The molecule has 2 heterocycles. The average molecular weight is 353 g/mol. The van der Waals surface area contributed by atoms with Crippen LogP contribution in [-0.2, 0) is 0 Å². The fourth-order valence-electron chi connectivity index (χ4n) is 2.36. The molecule has 118 valence electrons. The largest absolute Gasteiger partial charge is 0.331 e. The summed E-state index contributed by atoms with van der Waals surface area (Å²) in [7, 11) is 0. The van der Waals surface area contributed by atoms with E-state index in [2.05, 4.69) is 21.4 Å². The van der Waals surface area contributed by atoms with E-state index in [0.717, 1.165) is 32.8 Å². The van der Waals surface area contributed by atoms with Crippen molar-refractivity contribution in [3.63, 3.8) is 0 Å². The molecule has 0 aliphatic rings. The number of halogens is 1. The summed E-state index contributed by atoms with van der Waals surface area (Å²) >= 11 is 7.50. The Morgan fingerprint density at radius 3 is 2.75 bits per heavy atom. The Balaban J connectivity index is 1.56. The van der Waals surface area contributed by atoms with Gasteiger partial charge in [-0.1, -0.05) is 29.8 Å². The van der Waals surface area contributed by atoms with E-state index in [1.54, 1.807) is 23.9 Å². The number of anilines is 2. The Morgan fingerprint density at radius 2 is 1.96 bits per heavy atom. The number of nitrogens with one attached hydrogen (secondary N) is 1. The zero-order valence-electron chi connectivity index (χ0n) is 12.6. The topological polar surface area (TPSA) is 42.7 Å². The summed E-state index contributed by atoms with van der Waals surface area (Å²) in [5.41, 5.74) is 4.02. The molecule has 0 aliphatic carbocycles. The van der Waals surface area contributed by atoms with Crippen molar-refractivity contribution in [2.45, 2.75) is 0 Å². The van der Waals surface area contributed by atoms with Gasteiger partial charge in [-0.3, -0.25) is 0 Å². The van der Waals surface area contributed by atoms with E-state index >= 15 is 0 Å². The van der Waals surface area contributed by atoms with Crippen molar-refractivity contribution in [1.82, 2.24) is 14.5 Å². The van der Waals surface area contributed by atoms with Gasteiger partial charge >= 0.3 is 0 Å². The summed E-state index contributed by atoms with van der Waals surface area (Å²) in [6.07, 6.45) is 5.46. The zero-order chi connectivity index (χ0) is 16.4. The summed E-state index contributed by atoms with van der Waals surface area (Å²) in [4.78, 5) is 8.72. The van der Waals surface area contributed by atoms with Gasteiger partial charge in [0.05, 0.1) is 12.0 Å². The van der Waals surface area contributed by atoms with Crippen LogP contribution in [0.4, 0.5) is 10.8 Å². The molecule has 0 saturated carbocycles. The Hall–Kier alpha value is -2.63. The SMILES string of the molecule is Clc1ccc(-c2csc(Nc3cccc(-n4ccnc4)c3)n2)cc1. The number of benzene rings is 2. The van der Waals surface area contributed by atoms with E-state index in [0.29, 0.717) is 0 Å². The minimum absolute atomic E-state index is 0.726. The van der Waals surface area contributed by atoms with Crippen LogP contribution in [-0.4, -0.2) is 14.5 Å². The maximum Gasteiger partial charge on any atom is 0.187 e. The molecule has 1 N–H and O–H groups in total. The van der Waals surface area contributed by atoms with Crippen LogP contribution in [0.1, 0.15) is 0 Å². The van der Waals surface area contributed by atoms with Gasteiger partial charge in [0.2, 0.25) is 0 Å². The third-order valence-corrected chi connectivity index (χ3v) is 4.55. The van der Waals surface area contributed by atoms with Gasteiger partial charge in [0.25, 0.3) is 0 Å². The van der Waals surface area contributed by atoms with Gasteiger partial charge in [-0.15, -0.1) is 11.3 Å². The van der Waals surface area contributed by atoms with Gasteiger partial charge in [-0.05, 0) is 30.3 Å². The van der Waals surface area contributed by atoms with Crippen LogP contribution in [0.15, 0.2) is 72.6 Å². The Labute approximate surface area is 148 Å². The number of thiazole rings is 1. The van der Waals surface area contributed by atoms with Crippen molar-refractivity contribution in [1.29, 1.82) is 0 Å². The maximum absolute atomic E-state index is 5.93. The van der Waals surface area contributed by atoms with E-state index in [-0.39, 0.29) is 0 Å². The second-order valence-corrected chi connectivity index (χ2v) is 6.48. The fraction of sp³-hybridized carbons (Fsp3) is 0. The Kier molecular flexibility index (Phi) is 4.02. The molecule has 0 amide bonds. The van der Waals surface area contributed by atoms with Gasteiger partial charge in [0.1, 0.15) is 0 Å². The highest BCUT2D eigenvalue weighted by Crippen LogP contribution is 2.28. The summed E-state index contributed by atoms with van der Waals surface area (Å²) in [6, 6.07) is 15.8. The van der Waals surface area contributed by atoms with Crippen LogP contribution >= 0.6 is 22.9 Å². The minimum Gasteiger partial charge on any atom is -0.331 e. The Morgan fingerprint density at radius 1 is 1.08 bits per heavy atom. The first-order valence-electron chi connectivity index (χ1n) is 7.35. The van der Waals surface area contributed by atoms with E-state index in [4.69, 9.17) is 11.6 Å². The predicted octanol–water partition coefficient (Wildman–Crippen LogP) is 5.39. The van der Waals surface area contributed by atoms with Crippen molar-refractivity contribution < 1.29 is 0 Å². The monoisotopic (exact) mass is 352 g/mol.